The molecule has 6 heteroatoms. The topological polar surface area (TPSA) is 49.4 Å². The number of benzene rings is 2. The number of piperidine rings is 1. The smallest absolute Gasteiger partial charge is 0.253 e. The van der Waals surface area contributed by atoms with Gasteiger partial charge in [-0.1, -0.05) is 6.07 Å². The molecule has 4 nitrogen and oxygen atoms in total. The number of nitrogens with one attached hydrogen (secondary N) is 1. The van der Waals surface area contributed by atoms with Crippen molar-refractivity contribution in [1.82, 2.24) is 10.2 Å². The highest BCUT2D eigenvalue weighted by molar-refractivity contribution is 5.95. The Balaban J connectivity index is 1.54. The van der Waals surface area contributed by atoms with Gasteiger partial charge in [-0.15, -0.1) is 0 Å². The Bertz CT molecular complexity index is 769. The van der Waals surface area contributed by atoms with Crippen LogP contribution in [-0.4, -0.2) is 35.8 Å². The summed E-state index contributed by atoms with van der Waals surface area (Å²) < 4.78 is 26.1. The molecule has 0 atom stereocenters. The fraction of sp³-hybridized carbons (Fsp3) is 0.263. The lowest BCUT2D eigenvalue weighted by Gasteiger charge is -2.32. The molecule has 0 aliphatic carbocycles. The van der Waals surface area contributed by atoms with Crippen LogP contribution in [0.5, 0.6) is 0 Å². The molecule has 130 valence electrons. The zero-order valence-electron chi connectivity index (χ0n) is 13.5. The number of likely N-dealkylation sites (tertiary alicyclic amines) is 1. The van der Waals surface area contributed by atoms with E-state index in [2.05, 4.69) is 5.32 Å². The van der Waals surface area contributed by atoms with E-state index >= 15 is 0 Å². The highest BCUT2D eigenvalue weighted by atomic mass is 19.1. The molecular weight excluding hydrogens is 326 g/mol. The molecule has 1 heterocycles. The molecule has 25 heavy (non-hydrogen) atoms. The Morgan fingerprint density at radius 1 is 0.920 bits per heavy atom. The Kier molecular flexibility index (Phi) is 5.07. The average Bonchev–Trinajstić information content (AvgIpc) is 2.62. The SMILES string of the molecule is O=C(NC1CCN(C(=O)c2ccc(F)cc2)CC1)c1cccc(F)c1. The molecule has 0 radical (unpaired) electrons. The van der Waals surface area contributed by atoms with Crippen LogP contribution in [0.4, 0.5) is 8.78 Å². The van der Waals surface area contributed by atoms with Crippen molar-refractivity contribution in [2.75, 3.05) is 13.1 Å². The molecule has 0 unspecified atom stereocenters. The predicted octanol–water partition coefficient (Wildman–Crippen LogP) is 3.00. The Morgan fingerprint density at radius 3 is 2.24 bits per heavy atom. The zero-order valence-corrected chi connectivity index (χ0v) is 13.5. The van der Waals surface area contributed by atoms with Crippen molar-refractivity contribution in [2.45, 2.75) is 18.9 Å². The third-order valence-electron chi connectivity index (χ3n) is 4.30. The number of nitrogens with zero attached hydrogens (tertiary/aromatic N) is 1. The first-order valence-electron chi connectivity index (χ1n) is 8.14. The quantitative estimate of drug-likeness (QED) is 0.931. The van der Waals surface area contributed by atoms with Crippen LogP contribution in [0.3, 0.4) is 0 Å². The van der Waals surface area contributed by atoms with E-state index in [9.17, 15) is 18.4 Å². The van der Waals surface area contributed by atoms with Gasteiger partial charge in [-0.25, -0.2) is 8.78 Å². The molecule has 1 fully saturated rings. The van der Waals surface area contributed by atoms with E-state index in [1.54, 1.807) is 11.0 Å². The van der Waals surface area contributed by atoms with Crippen molar-refractivity contribution in [3.8, 4) is 0 Å². The summed E-state index contributed by atoms with van der Waals surface area (Å²) in [6, 6.07) is 10.9. The third-order valence-corrected chi connectivity index (χ3v) is 4.30. The standard InChI is InChI=1S/C19H18F2N2O2/c20-15-6-4-13(5-7-15)19(25)23-10-8-17(9-11-23)22-18(24)14-2-1-3-16(21)12-14/h1-7,12,17H,8-11H2,(H,22,24). The summed E-state index contributed by atoms with van der Waals surface area (Å²) in [7, 11) is 0. The number of amides is 2. The maximum atomic E-state index is 13.2. The maximum absolute atomic E-state index is 13.2. The van der Waals surface area contributed by atoms with E-state index in [-0.39, 0.29) is 29.2 Å². The predicted molar refractivity (Wildman–Crippen MR) is 89.2 cm³/mol. The Morgan fingerprint density at radius 2 is 1.60 bits per heavy atom. The molecule has 1 aliphatic heterocycles. The van der Waals surface area contributed by atoms with E-state index < -0.39 is 5.82 Å². The van der Waals surface area contributed by atoms with E-state index in [0.29, 0.717) is 31.5 Å². The van der Waals surface area contributed by atoms with Crippen LogP contribution in [0.15, 0.2) is 48.5 Å². The molecule has 0 saturated carbocycles. The van der Waals surface area contributed by atoms with Crippen molar-refractivity contribution in [3.05, 3.63) is 71.3 Å². The van der Waals surface area contributed by atoms with Crippen molar-refractivity contribution in [1.29, 1.82) is 0 Å². The summed E-state index contributed by atoms with van der Waals surface area (Å²) in [6.07, 6.45) is 1.24. The minimum absolute atomic E-state index is 0.0620. The normalized spacial score (nSPS) is 15.0. The van der Waals surface area contributed by atoms with Crippen LogP contribution in [0.2, 0.25) is 0 Å². The van der Waals surface area contributed by atoms with E-state index in [1.807, 2.05) is 0 Å². The van der Waals surface area contributed by atoms with Crippen molar-refractivity contribution in [2.24, 2.45) is 0 Å². The number of rotatable bonds is 3. The summed E-state index contributed by atoms with van der Waals surface area (Å²) >= 11 is 0. The van der Waals surface area contributed by atoms with Crippen LogP contribution in [0, 0.1) is 11.6 Å². The lowest BCUT2D eigenvalue weighted by Crippen LogP contribution is -2.46. The van der Waals surface area contributed by atoms with Gasteiger partial charge in [0.05, 0.1) is 0 Å². The largest absolute Gasteiger partial charge is 0.349 e. The first-order chi connectivity index (χ1) is 12.0. The van der Waals surface area contributed by atoms with Gasteiger partial charge in [0.2, 0.25) is 0 Å². The van der Waals surface area contributed by atoms with Gasteiger partial charge in [-0.05, 0) is 55.3 Å². The van der Waals surface area contributed by atoms with Gasteiger partial charge >= 0.3 is 0 Å². The molecule has 2 aromatic carbocycles. The summed E-state index contributed by atoms with van der Waals surface area (Å²) in [6.45, 7) is 1.01. The number of carbonyl (C=O) groups excluding carboxylic acids is 2. The molecule has 0 spiro atoms. The number of carbonyl (C=O) groups is 2. The fourth-order valence-corrected chi connectivity index (χ4v) is 2.90. The minimum Gasteiger partial charge on any atom is -0.349 e. The minimum atomic E-state index is -0.452. The molecule has 3 rings (SSSR count). The first-order valence-corrected chi connectivity index (χ1v) is 8.14. The molecule has 1 saturated heterocycles. The average molecular weight is 344 g/mol. The van der Waals surface area contributed by atoms with Gasteiger partial charge < -0.3 is 10.2 Å². The number of hydrogen-bond donors (Lipinski definition) is 1. The summed E-state index contributed by atoms with van der Waals surface area (Å²) in [4.78, 5) is 26.2. The highest BCUT2D eigenvalue weighted by Gasteiger charge is 2.25. The lowest BCUT2D eigenvalue weighted by molar-refractivity contribution is 0.0698. The van der Waals surface area contributed by atoms with Crippen LogP contribution in [-0.2, 0) is 0 Å². The molecule has 2 amide bonds. The van der Waals surface area contributed by atoms with Crippen molar-refractivity contribution >= 4 is 11.8 Å². The lowest BCUT2D eigenvalue weighted by atomic mass is 10.0. The van der Waals surface area contributed by atoms with Gasteiger partial charge in [-0.2, -0.15) is 0 Å². The molecule has 0 aromatic heterocycles. The van der Waals surface area contributed by atoms with Crippen LogP contribution < -0.4 is 5.32 Å². The van der Waals surface area contributed by atoms with Crippen LogP contribution in [0.1, 0.15) is 33.6 Å². The summed E-state index contributed by atoms with van der Waals surface area (Å²) in [5.74, 6) is -1.29. The second-order valence-corrected chi connectivity index (χ2v) is 6.06. The van der Waals surface area contributed by atoms with Gasteiger partial charge in [0.25, 0.3) is 11.8 Å². The highest BCUT2D eigenvalue weighted by Crippen LogP contribution is 2.15. The molecule has 0 bridgehead atoms. The molecule has 1 N–H and O–H groups in total. The van der Waals surface area contributed by atoms with Gasteiger partial charge in [0.15, 0.2) is 0 Å². The van der Waals surface area contributed by atoms with Gasteiger partial charge in [0, 0.05) is 30.3 Å². The third kappa shape index (κ3) is 4.21. The fourth-order valence-electron chi connectivity index (χ4n) is 2.90. The van der Waals surface area contributed by atoms with E-state index in [4.69, 9.17) is 0 Å². The number of hydrogen-bond acceptors (Lipinski definition) is 2. The Labute approximate surface area is 144 Å². The van der Waals surface area contributed by atoms with Crippen molar-refractivity contribution < 1.29 is 18.4 Å². The van der Waals surface area contributed by atoms with Crippen LogP contribution >= 0.6 is 0 Å². The van der Waals surface area contributed by atoms with E-state index in [1.165, 1.54) is 42.5 Å². The number of halogens is 2. The maximum Gasteiger partial charge on any atom is 0.253 e. The van der Waals surface area contributed by atoms with E-state index in [0.717, 1.165) is 0 Å². The second kappa shape index (κ2) is 7.42. The van der Waals surface area contributed by atoms with Crippen LogP contribution in [0.25, 0.3) is 0 Å². The monoisotopic (exact) mass is 344 g/mol. The first kappa shape index (κ1) is 17.1. The van der Waals surface area contributed by atoms with Crippen molar-refractivity contribution in [3.63, 3.8) is 0 Å². The zero-order chi connectivity index (χ0) is 17.8. The second-order valence-electron chi connectivity index (χ2n) is 6.06. The summed E-state index contributed by atoms with van der Waals surface area (Å²) in [5.41, 5.74) is 0.730. The van der Waals surface area contributed by atoms with Gasteiger partial charge in [-0.3, -0.25) is 9.59 Å². The van der Waals surface area contributed by atoms with Gasteiger partial charge in [0.1, 0.15) is 11.6 Å². The Hall–Kier alpha value is -2.76. The molecule has 2 aromatic rings. The summed E-state index contributed by atoms with van der Waals surface area (Å²) in [5, 5.41) is 2.88. The molecule has 1 aliphatic rings. The molecular formula is C19H18F2N2O2.